The zero-order valence-corrected chi connectivity index (χ0v) is 11.5. The summed E-state index contributed by atoms with van der Waals surface area (Å²) in [6.45, 7) is 3.31. The summed E-state index contributed by atoms with van der Waals surface area (Å²) in [5.74, 6) is -0.269. The molecule has 5 nitrogen and oxygen atoms in total. The van der Waals surface area contributed by atoms with Gasteiger partial charge in [-0.1, -0.05) is 0 Å². The first-order valence-electron chi connectivity index (χ1n) is 5.68. The Kier molecular flexibility index (Phi) is 5.72. The van der Waals surface area contributed by atoms with Gasteiger partial charge in [0.25, 0.3) is 6.43 Å². The van der Waals surface area contributed by atoms with Crippen LogP contribution in [0.25, 0.3) is 0 Å². The van der Waals surface area contributed by atoms with E-state index in [-0.39, 0.29) is 24.7 Å². The number of nitrogen functional groups attached to an aromatic ring is 1. The van der Waals surface area contributed by atoms with Gasteiger partial charge in [0.05, 0.1) is 18.8 Å². The molecule has 0 heterocycles. The third kappa shape index (κ3) is 4.45. The van der Waals surface area contributed by atoms with Crippen molar-refractivity contribution in [2.45, 2.75) is 20.3 Å². The van der Waals surface area contributed by atoms with Crippen LogP contribution in [0.3, 0.4) is 0 Å². The first kappa shape index (κ1) is 15.9. The molecule has 0 radical (unpaired) electrons. The molecule has 0 amide bonds. The van der Waals surface area contributed by atoms with Gasteiger partial charge in [0.2, 0.25) is 0 Å². The molecule has 0 aliphatic rings. The van der Waals surface area contributed by atoms with Crippen molar-refractivity contribution >= 4 is 13.5 Å². The maximum Gasteiger partial charge on any atom is 0.530 e. The average molecular weight is 295 g/mol. The molecule has 0 aromatic heterocycles. The first-order chi connectivity index (χ1) is 8.91. The largest absolute Gasteiger partial charge is 0.530 e. The van der Waals surface area contributed by atoms with Gasteiger partial charge in [0.15, 0.2) is 0 Å². The molecule has 0 bridgehead atoms. The summed E-state index contributed by atoms with van der Waals surface area (Å²) >= 11 is 0. The van der Waals surface area contributed by atoms with Crippen LogP contribution in [-0.4, -0.2) is 13.2 Å². The van der Waals surface area contributed by atoms with E-state index in [2.05, 4.69) is 0 Å². The number of phosphoric ester groups is 1. The van der Waals surface area contributed by atoms with Crippen molar-refractivity contribution in [3.63, 3.8) is 0 Å². The fraction of sp³-hybridized carbons (Fsp3) is 0.455. The Morgan fingerprint density at radius 1 is 1.26 bits per heavy atom. The third-order valence-corrected chi connectivity index (χ3v) is 3.62. The highest BCUT2D eigenvalue weighted by Gasteiger charge is 2.29. The number of anilines is 1. The number of phosphoric acid groups is 1. The highest BCUT2D eigenvalue weighted by Crippen LogP contribution is 2.51. The molecule has 1 aromatic carbocycles. The van der Waals surface area contributed by atoms with Gasteiger partial charge in [-0.05, 0) is 32.0 Å². The van der Waals surface area contributed by atoms with E-state index in [1.165, 1.54) is 12.1 Å². The van der Waals surface area contributed by atoms with E-state index < -0.39 is 19.8 Å². The van der Waals surface area contributed by atoms with Crippen LogP contribution in [0, 0.1) is 0 Å². The average Bonchev–Trinajstić information content (AvgIpc) is 2.31. The van der Waals surface area contributed by atoms with E-state index in [1.807, 2.05) is 0 Å². The van der Waals surface area contributed by atoms with Crippen molar-refractivity contribution in [3.05, 3.63) is 23.8 Å². The van der Waals surface area contributed by atoms with E-state index in [0.717, 1.165) is 6.07 Å². The van der Waals surface area contributed by atoms with E-state index >= 15 is 0 Å². The first-order valence-corrected chi connectivity index (χ1v) is 7.14. The zero-order chi connectivity index (χ0) is 14.5. The summed E-state index contributed by atoms with van der Waals surface area (Å²) in [6, 6.07) is 3.63. The summed E-state index contributed by atoms with van der Waals surface area (Å²) in [4.78, 5) is 0. The maximum atomic E-state index is 12.8. The smallest absolute Gasteiger partial charge is 0.403 e. The minimum atomic E-state index is -3.90. The minimum absolute atomic E-state index is 0.0657. The molecule has 108 valence electrons. The Bertz CT molecular complexity index is 460. The molecule has 0 spiro atoms. The van der Waals surface area contributed by atoms with Crippen molar-refractivity contribution in [1.29, 1.82) is 0 Å². The van der Waals surface area contributed by atoms with Gasteiger partial charge in [-0.2, -0.15) is 0 Å². The van der Waals surface area contributed by atoms with E-state index in [1.54, 1.807) is 13.8 Å². The molecule has 19 heavy (non-hydrogen) atoms. The van der Waals surface area contributed by atoms with E-state index in [4.69, 9.17) is 19.3 Å². The minimum Gasteiger partial charge on any atom is -0.403 e. The topological polar surface area (TPSA) is 70.8 Å². The summed E-state index contributed by atoms with van der Waals surface area (Å²) in [5.41, 5.74) is 5.12. The monoisotopic (exact) mass is 295 g/mol. The highest BCUT2D eigenvalue weighted by molar-refractivity contribution is 7.48. The SMILES string of the molecule is CCOP(=O)(OCC)Oc1ccc(N)cc1C(F)F. The van der Waals surface area contributed by atoms with E-state index in [9.17, 15) is 13.3 Å². The van der Waals surface area contributed by atoms with Gasteiger partial charge in [-0.25, -0.2) is 13.3 Å². The van der Waals surface area contributed by atoms with Gasteiger partial charge >= 0.3 is 7.82 Å². The van der Waals surface area contributed by atoms with Crippen molar-refractivity contribution < 1.29 is 26.9 Å². The van der Waals surface area contributed by atoms with Gasteiger partial charge in [-0.15, -0.1) is 0 Å². The molecular formula is C11H16F2NO4P. The summed E-state index contributed by atoms with van der Waals surface area (Å²) in [6.07, 6.45) is -2.81. The van der Waals surface area contributed by atoms with Crippen LogP contribution in [-0.2, 0) is 13.6 Å². The number of hydrogen-bond donors (Lipinski definition) is 1. The predicted molar refractivity (Wildman–Crippen MR) is 67.3 cm³/mol. The van der Waals surface area contributed by atoms with Crippen molar-refractivity contribution in [3.8, 4) is 5.75 Å². The van der Waals surface area contributed by atoms with Crippen LogP contribution in [0.4, 0.5) is 14.5 Å². The standard InChI is InChI=1S/C11H16F2NO4P/c1-3-16-19(15,17-4-2)18-10-6-5-8(14)7-9(10)11(12)13/h5-7,11H,3-4,14H2,1-2H3. The lowest BCUT2D eigenvalue weighted by atomic mass is 10.2. The molecule has 0 saturated carbocycles. The van der Waals surface area contributed by atoms with Gasteiger partial charge in [0.1, 0.15) is 5.75 Å². The Labute approximate surface area is 110 Å². The van der Waals surface area contributed by atoms with Gasteiger partial charge in [-0.3, -0.25) is 9.05 Å². The quantitative estimate of drug-likeness (QED) is 0.612. The number of nitrogens with two attached hydrogens (primary N) is 1. The molecule has 2 N–H and O–H groups in total. The molecule has 0 atom stereocenters. The second-order valence-electron chi connectivity index (χ2n) is 3.47. The molecule has 1 rings (SSSR count). The Morgan fingerprint density at radius 3 is 2.32 bits per heavy atom. The molecule has 8 heteroatoms. The van der Waals surface area contributed by atoms with E-state index in [0.29, 0.717) is 0 Å². The number of hydrogen-bond acceptors (Lipinski definition) is 5. The van der Waals surface area contributed by atoms with Gasteiger partial charge < -0.3 is 10.3 Å². The van der Waals surface area contributed by atoms with Crippen molar-refractivity contribution in [2.75, 3.05) is 18.9 Å². The van der Waals surface area contributed by atoms with Crippen LogP contribution in [0.5, 0.6) is 5.75 Å². The second kappa shape index (κ2) is 6.84. The van der Waals surface area contributed by atoms with Crippen LogP contribution in [0.2, 0.25) is 0 Å². The van der Waals surface area contributed by atoms with Crippen LogP contribution in [0.1, 0.15) is 25.8 Å². The molecular weight excluding hydrogens is 279 g/mol. The summed E-state index contributed by atoms with van der Waals surface area (Å²) in [7, 11) is -3.90. The number of alkyl halides is 2. The van der Waals surface area contributed by atoms with Crippen LogP contribution >= 0.6 is 7.82 Å². The van der Waals surface area contributed by atoms with Gasteiger partial charge in [0, 0.05) is 5.69 Å². The Balaban J connectivity index is 3.05. The summed E-state index contributed by atoms with van der Waals surface area (Å²) < 4.78 is 52.5. The lowest BCUT2D eigenvalue weighted by Crippen LogP contribution is -2.04. The Morgan fingerprint density at radius 2 is 1.84 bits per heavy atom. The second-order valence-corrected chi connectivity index (χ2v) is 5.07. The lowest BCUT2D eigenvalue weighted by Gasteiger charge is -2.19. The van der Waals surface area contributed by atoms with Crippen molar-refractivity contribution in [1.82, 2.24) is 0 Å². The van der Waals surface area contributed by atoms with Crippen molar-refractivity contribution in [2.24, 2.45) is 0 Å². The third-order valence-electron chi connectivity index (χ3n) is 2.05. The highest BCUT2D eigenvalue weighted by atomic mass is 31.2. The maximum absolute atomic E-state index is 12.8. The molecule has 0 saturated heterocycles. The Hall–Kier alpha value is -1.17. The lowest BCUT2D eigenvalue weighted by molar-refractivity contribution is 0.142. The fourth-order valence-corrected chi connectivity index (χ4v) is 2.57. The normalized spacial score (nSPS) is 11.8. The number of benzene rings is 1. The molecule has 0 unspecified atom stereocenters. The zero-order valence-electron chi connectivity index (χ0n) is 10.6. The number of halogens is 2. The fourth-order valence-electron chi connectivity index (χ4n) is 1.35. The molecule has 0 fully saturated rings. The van der Waals surface area contributed by atoms with Crippen LogP contribution < -0.4 is 10.3 Å². The van der Waals surface area contributed by atoms with Crippen LogP contribution in [0.15, 0.2) is 18.2 Å². The molecule has 0 aliphatic heterocycles. The number of rotatable bonds is 7. The molecule has 1 aromatic rings. The summed E-state index contributed by atoms with van der Waals surface area (Å²) in [5, 5.41) is 0. The predicted octanol–water partition coefficient (Wildman–Crippen LogP) is 3.77. The molecule has 0 aliphatic carbocycles.